The summed E-state index contributed by atoms with van der Waals surface area (Å²) >= 11 is 0. The van der Waals surface area contributed by atoms with Crippen molar-refractivity contribution in [2.75, 3.05) is 12.4 Å². The molecule has 0 aliphatic heterocycles. The summed E-state index contributed by atoms with van der Waals surface area (Å²) < 4.78 is 2.07. The molecule has 0 aliphatic carbocycles. The first-order chi connectivity index (χ1) is 7.29. The lowest BCUT2D eigenvalue weighted by molar-refractivity contribution is 0.742. The third-order valence-corrected chi connectivity index (χ3v) is 2.36. The molecule has 0 aromatic carbocycles. The molecule has 78 valence electrons. The Bertz CT molecular complexity index is 447. The van der Waals surface area contributed by atoms with Crippen molar-refractivity contribution in [1.82, 2.24) is 14.5 Å². The molecular weight excluding hydrogens is 188 g/mol. The number of aryl methyl sites for hydroxylation is 1. The van der Waals surface area contributed by atoms with Crippen molar-refractivity contribution in [2.45, 2.75) is 13.5 Å². The Morgan fingerprint density at radius 3 is 2.87 bits per heavy atom. The minimum atomic E-state index is 0.765. The van der Waals surface area contributed by atoms with Crippen LogP contribution in [0.4, 0.5) is 5.69 Å². The van der Waals surface area contributed by atoms with Crippen LogP contribution in [0, 0.1) is 6.92 Å². The van der Waals surface area contributed by atoms with Crippen LogP contribution in [0.1, 0.15) is 11.5 Å². The minimum absolute atomic E-state index is 0.765. The Kier molecular flexibility index (Phi) is 2.67. The van der Waals surface area contributed by atoms with Gasteiger partial charge < -0.3 is 9.88 Å². The van der Waals surface area contributed by atoms with Gasteiger partial charge in [0.2, 0.25) is 0 Å². The number of imidazole rings is 1. The van der Waals surface area contributed by atoms with Gasteiger partial charge in [0.1, 0.15) is 5.82 Å². The van der Waals surface area contributed by atoms with Gasteiger partial charge in [-0.25, -0.2) is 4.98 Å². The Hall–Kier alpha value is -1.84. The summed E-state index contributed by atoms with van der Waals surface area (Å²) in [5.74, 6) is 1.01. The van der Waals surface area contributed by atoms with E-state index in [1.54, 1.807) is 6.20 Å². The van der Waals surface area contributed by atoms with Crippen LogP contribution < -0.4 is 5.32 Å². The zero-order chi connectivity index (χ0) is 10.7. The highest BCUT2D eigenvalue weighted by Gasteiger charge is 2.00. The molecule has 0 bridgehead atoms. The van der Waals surface area contributed by atoms with Crippen LogP contribution >= 0.6 is 0 Å². The van der Waals surface area contributed by atoms with E-state index in [-0.39, 0.29) is 0 Å². The van der Waals surface area contributed by atoms with Gasteiger partial charge in [-0.1, -0.05) is 0 Å². The van der Waals surface area contributed by atoms with E-state index in [0.717, 1.165) is 23.8 Å². The monoisotopic (exact) mass is 202 g/mol. The Balaban J connectivity index is 2.21. The van der Waals surface area contributed by atoms with Crippen molar-refractivity contribution in [1.29, 1.82) is 0 Å². The van der Waals surface area contributed by atoms with E-state index in [4.69, 9.17) is 0 Å². The van der Waals surface area contributed by atoms with Crippen molar-refractivity contribution in [3.8, 4) is 0 Å². The van der Waals surface area contributed by atoms with Gasteiger partial charge in [-0.2, -0.15) is 0 Å². The molecule has 0 fully saturated rings. The Morgan fingerprint density at radius 1 is 1.33 bits per heavy atom. The number of rotatable bonds is 3. The van der Waals surface area contributed by atoms with Crippen LogP contribution in [0.2, 0.25) is 0 Å². The molecule has 0 atom stereocenters. The molecule has 0 aliphatic rings. The van der Waals surface area contributed by atoms with E-state index >= 15 is 0 Å². The van der Waals surface area contributed by atoms with Gasteiger partial charge in [-0.05, 0) is 19.1 Å². The number of nitrogens with zero attached hydrogens (tertiary/aromatic N) is 3. The van der Waals surface area contributed by atoms with Gasteiger partial charge in [0.05, 0.1) is 12.2 Å². The predicted octanol–water partition coefficient (Wildman–Crippen LogP) is 1.68. The highest BCUT2D eigenvalue weighted by molar-refractivity contribution is 5.42. The van der Waals surface area contributed by atoms with Crippen molar-refractivity contribution in [3.05, 3.63) is 42.2 Å². The summed E-state index contributed by atoms with van der Waals surface area (Å²) in [7, 11) is 1.90. The number of hydrogen-bond acceptors (Lipinski definition) is 3. The molecule has 0 spiro atoms. The zero-order valence-electron chi connectivity index (χ0n) is 8.94. The fraction of sp³-hybridized carbons (Fsp3) is 0.273. The molecule has 2 heterocycles. The Morgan fingerprint density at radius 2 is 2.20 bits per heavy atom. The molecule has 0 unspecified atom stereocenters. The molecule has 0 radical (unpaired) electrons. The third kappa shape index (κ3) is 2.15. The van der Waals surface area contributed by atoms with Crippen molar-refractivity contribution >= 4 is 5.69 Å². The van der Waals surface area contributed by atoms with Gasteiger partial charge in [-0.15, -0.1) is 0 Å². The highest BCUT2D eigenvalue weighted by atomic mass is 15.1. The van der Waals surface area contributed by atoms with E-state index in [0.29, 0.717) is 0 Å². The summed E-state index contributed by atoms with van der Waals surface area (Å²) in [6.07, 6.45) is 5.58. The first-order valence-electron chi connectivity index (χ1n) is 4.90. The van der Waals surface area contributed by atoms with Gasteiger partial charge in [0.15, 0.2) is 0 Å². The van der Waals surface area contributed by atoms with Crippen LogP contribution in [0.25, 0.3) is 0 Å². The zero-order valence-corrected chi connectivity index (χ0v) is 8.94. The van der Waals surface area contributed by atoms with Gasteiger partial charge in [0.25, 0.3) is 0 Å². The van der Waals surface area contributed by atoms with Crippen molar-refractivity contribution in [2.24, 2.45) is 0 Å². The van der Waals surface area contributed by atoms with E-state index in [9.17, 15) is 0 Å². The van der Waals surface area contributed by atoms with Gasteiger partial charge in [-0.3, -0.25) is 4.98 Å². The van der Waals surface area contributed by atoms with Crippen LogP contribution in [0.5, 0.6) is 0 Å². The fourth-order valence-electron chi connectivity index (χ4n) is 1.47. The maximum Gasteiger partial charge on any atom is 0.105 e. The second-order valence-corrected chi connectivity index (χ2v) is 3.39. The van der Waals surface area contributed by atoms with Crippen LogP contribution in [-0.2, 0) is 6.54 Å². The van der Waals surface area contributed by atoms with E-state index < -0.39 is 0 Å². The average Bonchev–Trinajstić information content (AvgIpc) is 2.65. The lowest BCUT2D eigenvalue weighted by Gasteiger charge is -2.06. The van der Waals surface area contributed by atoms with Gasteiger partial charge in [0, 0.05) is 31.3 Å². The first kappa shape index (κ1) is 9.71. The lowest BCUT2D eigenvalue weighted by Crippen LogP contribution is -2.03. The Labute approximate surface area is 89.0 Å². The molecule has 0 saturated heterocycles. The second-order valence-electron chi connectivity index (χ2n) is 3.39. The number of anilines is 1. The largest absolute Gasteiger partial charge is 0.388 e. The first-order valence-corrected chi connectivity index (χ1v) is 4.90. The number of aromatic nitrogens is 3. The van der Waals surface area contributed by atoms with Crippen molar-refractivity contribution < 1.29 is 0 Å². The summed E-state index contributed by atoms with van der Waals surface area (Å²) in [5.41, 5.74) is 2.11. The number of hydrogen-bond donors (Lipinski definition) is 1. The number of nitrogens with one attached hydrogen (secondary N) is 1. The topological polar surface area (TPSA) is 42.7 Å². The summed E-state index contributed by atoms with van der Waals surface area (Å²) in [6, 6.07) is 3.99. The minimum Gasteiger partial charge on any atom is -0.388 e. The van der Waals surface area contributed by atoms with Crippen LogP contribution in [-0.4, -0.2) is 21.6 Å². The predicted molar refractivity (Wildman–Crippen MR) is 59.8 cm³/mol. The molecular formula is C11H14N4. The van der Waals surface area contributed by atoms with Crippen LogP contribution in [0.3, 0.4) is 0 Å². The smallest absolute Gasteiger partial charge is 0.105 e. The molecule has 1 N–H and O–H groups in total. The normalized spacial score (nSPS) is 10.3. The molecule has 0 saturated carbocycles. The maximum atomic E-state index is 4.31. The quantitative estimate of drug-likeness (QED) is 0.823. The molecule has 2 aromatic rings. The summed E-state index contributed by atoms with van der Waals surface area (Å²) in [5, 5.41) is 3.10. The molecule has 2 rings (SSSR count). The molecule has 15 heavy (non-hydrogen) atoms. The second kappa shape index (κ2) is 4.13. The van der Waals surface area contributed by atoms with E-state index in [1.807, 2.05) is 38.5 Å². The SMILES string of the molecule is CNc1ccnc(Cn2ccnc2C)c1. The molecule has 0 amide bonds. The highest BCUT2D eigenvalue weighted by Crippen LogP contribution is 2.08. The van der Waals surface area contributed by atoms with Crippen LogP contribution in [0.15, 0.2) is 30.7 Å². The lowest BCUT2D eigenvalue weighted by atomic mass is 10.3. The van der Waals surface area contributed by atoms with Gasteiger partial charge >= 0.3 is 0 Å². The summed E-state index contributed by atoms with van der Waals surface area (Å²) in [6.45, 7) is 2.75. The summed E-state index contributed by atoms with van der Waals surface area (Å²) in [4.78, 5) is 8.49. The molecule has 2 aromatic heterocycles. The van der Waals surface area contributed by atoms with E-state index in [2.05, 4.69) is 19.9 Å². The molecule has 4 nitrogen and oxygen atoms in total. The third-order valence-electron chi connectivity index (χ3n) is 2.36. The number of pyridine rings is 1. The standard InChI is InChI=1S/C11H14N4/c1-9-13-5-6-15(9)8-11-7-10(12-2)3-4-14-11/h3-7H,8H2,1-2H3,(H,12,14). The fourth-order valence-corrected chi connectivity index (χ4v) is 1.47. The molecule has 4 heteroatoms. The van der Waals surface area contributed by atoms with Crippen molar-refractivity contribution in [3.63, 3.8) is 0 Å². The van der Waals surface area contributed by atoms with E-state index in [1.165, 1.54) is 0 Å². The maximum absolute atomic E-state index is 4.31. The average molecular weight is 202 g/mol.